The lowest BCUT2D eigenvalue weighted by molar-refractivity contribution is -0.122. The van der Waals surface area contributed by atoms with Gasteiger partial charge in [-0.25, -0.2) is 4.98 Å². The third-order valence-corrected chi connectivity index (χ3v) is 4.69. The van der Waals surface area contributed by atoms with Gasteiger partial charge in [-0.1, -0.05) is 17.8 Å². The van der Waals surface area contributed by atoms with Gasteiger partial charge in [-0.2, -0.15) is 0 Å². The minimum Gasteiger partial charge on any atom is -0.486 e. The van der Waals surface area contributed by atoms with Gasteiger partial charge in [-0.3, -0.25) is 4.79 Å². The number of carbonyl (C=O) groups excluding carboxylic acids is 1. The van der Waals surface area contributed by atoms with Crippen LogP contribution >= 0.6 is 11.3 Å². The van der Waals surface area contributed by atoms with E-state index < -0.39 is 0 Å². The van der Waals surface area contributed by atoms with Gasteiger partial charge < -0.3 is 14.8 Å². The molecule has 1 amide bonds. The van der Waals surface area contributed by atoms with E-state index in [1.807, 2.05) is 12.1 Å². The van der Waals surface area contributed by atoms with Crippen LogP contribution in [0.2, 0.25) is 0 Å². The summed E-state index contributed by atoms with van der Waals surface area (Å²) >= 11 is 1.47. The zero-order chi connectivity index (χ0) is 13.5. The van der Waals surface area contributed by atoms with Crippen LogP contribution in [-0.4, -0.2) is 24.1 Å². The number of hydrogen-bond acceptors (Lipinski definition) is 5. The van der Waals surface area contributed by atoms with Gasteiger partial charge >= 0.3 is 0 Å². The summed E-state index contributed by atoms with van der Waals surface area (Å²) in [6.45, 7) is 1.14. The molecule has 0 atom stereocenters. The van der Waals surface area contributed by atoms with Crippen LogP contribution < -0.4 is 14.8 Å². The quantitative estimate of drug-likeness (QED) is 0.924. The number of nitrogens with zero attached hydrogens (tertiary/aromatic N) is 1. The van der Waals surface area contributed by atoms with E-state index in [4.69, 9.17) is 9.47 Å². The Morgan fingerprint density at radius 3 is 2.70 bits per heavy atom. The van der Waals surface area contributed by atoms with E-state index in [2.05, 4.69) is 10.3 Å². The third kappa shape index (κ3) is 2.00. The van der Waals surface area contributed by atoms with Gasteiger partial charge in [0.05, 0.1) is 10.2 Å². The summed E-state index contributed by atoms with van der Waals surface area (Å²) in [5.74, 6) is 1.74. The van der Waals surface area contributed by atoms with Crippen LogP contribution in [0.4, 0.5) is 5.13 Å². The maximum atomic E-state index is 11.9. The maximum Gasteiger partial charge on any atom is 0.229 e. The molecule has 0 saturated heterocycles. The molecule has 0 unspecified atom stereocenters. The normalized spacial score (nSPS) is 17.8. The minimum atomic E-state index is 0.0903. The standard InChI is InChI=1S/C14H14N2O3S/c17-13(8-2-1-3-8)16-14-15-9-6-10-11(7-12(9)20-14)19-5-4-18-10/h6-8H,1-5H2,(H,15,16,17). The molecule has 20 heavy (non-hydrogen) atoms. The van der Waals surface area contributed by atoms with Crippen molar-refractivity contribution in [2.75, 3.05) is 18.5 Å². The Morgan fingerprint density at radius 1 is 1.25 bits per heavy atom. The Balaban J connectivity index is 1.62. The number of benzene rings is 1. The fourth-order valence-corrected chi connectivity index (χ4v) is 3.28. The average Bonchev–Trinajstić information content (AvgIpc) is 2.74. The number of nitrogens with one attached hydrogen (secondary N) is 1. The molecule has 1 aromatic carbocycles. The highest BCUT2D eigenvalue weighted by Crippen LogP contribution is 2.38. The first-order valence-corrected chi connectivity index (χ1v) is 7.62. The second-order valence-electron chi connectivity index (χ2n) is 5.10. The summed E-state index contributed by atoms with van der Waals surface area (Å²) in [5, 5.41) is 3.56. The molecule has 4 rings (SSSR count). The number of ether oxygens (including phenoxy) is 2. The van der Waals surface area contributed by atoms with Gasteiger partial charge in [0.25, 0.3) is 0 Å². The van der Waals surface area contributed by atoms with E-state index in [1.165, 1.54) is 11.3 Å². The Hall–Kier alpha value is -1.82. The predicted molar refractivity (Wildman–Crippen MR) is 76.6 cm³/mol. The van der Waals surface area contributed by atoms with E-state index in [1.54, 1.807) is 0 Å². The van der Waals surface area contributed by atoms with Crippen LogP contribution in [0.15, 0.2) is 12.1 Å². The van der Waals surface area contributed by atoms with Crippen molar-refractivity contribution in [1.29, 1.82) is 0 Å². The number of fused-ring (bicyclic) bond motifs is 2. The van der Waals surface area contributed by atoms with Gasteiger partial charge in [-0.05, 0) is 12.8 Å². The van der Waals surface area contributed by atoms with Crippen molar-refractivity contribution in [2.45, 2.75) is 19.3 Å². The van der Waals surface area contributed by atoms with Gasteiger partial charge in [-0.15, -0.1) is 0 Å². The first-order valence-electron chi connectivity index (χ1n) is 6.81. The fraction of sp³-hybridized carbons (Fsp3) is 0.429. The van der Waals surface area contributed by atoms with Crippen molar-refractivity contribution >= 4 is 32.6 Å². The summed E-state index contributed by atoms with van der Waals surface area (Å²) in [7, 11) is 0. The fourth-order valence-electron chi connectivity index (χ4n) is 2.40. The Morgan fingerprint density at radius 2 is 2.00 bits per heavy atom. The molecule has 2 aromatic rings. The Bertz CT molecular complexity index is 635. The Labute approximate surface area is 119 Å². The molecule has 0 spiro atoms. The predicted octanol–water partition coefficient (Wildman–Crippen LogP) is 2.81. The van der Waals surface area contributed by atoms with E-state index >= 15 is 0 Å². The SMILES string of the molecule is O=C(Nc1nc2cc3c(cc2s1)OCCO3)C1CCC1. The summed E-state index contributed by atoms with van der Waals surface area (Å²) < 4.78 is 12.1. The molecule has 6 heteroatoms. The molecule has 0 radical (unpaired) electrons. The molecule has 1 saturated carbocycles. The van der Waals surface area contributed by atoms with Crippen molar-refractivity contribution in [2.24, 2.45) is 5.92 Å². The number of aromatic nitrogens is 1. The van der Waals surface area contributed by atoms with Crippen molar-refractivity contribution in [3.8, 4) is 11.5 Å². The van der Waals surface area contributed by atoms with Crippen LogP contribution in [0.3, 0.4) is 0 Å². The van der Waals surface area contributed by atoms with Crippen LogP contribution in [-0.2, 0) is 4.79 Å². The zero-order valence-corrected chi connectivity index (χ0v) is 11.7. The Kier molecular flexibility index (Phi) is 2.77. The number of anilines is 1. The lowest BCUT2D eigenvalue weighted by Gasteiger charge is -2.23. The molecular formula is C14H14N2O3S. The van der Waals surface area contributed by atoms with E-state index in [0.29, 0.717) is 18.3 Å². The molecule has 2 aliphatic rings. The maximum absolute atomic E-state index is 11.9. The molecule has 0 bridgehead atoms. The summed E-state index contributed by atoms with van der Waals surface area (Å²) in [5.41, 5.74) is 0.836. The number of hydrogen-bond donors (Lipinski definition) is 1. The monoisotopic (exact) mass is 290 g/mol. The van der Waals surface area contributed by atoms with E-state index in [9.17, 15) is 4.79 Å². The van der Waals surface area contributed by atoms with Crippen LogP contribution in [0.1, 0.15) is 19.3 Å². The molecule has 1 fully saturated rings. The van der Waals surface area contributed by atoms with Gasteiger partial charge in [0.2, 0.25) is 5.91 Å². The highest BCUT2D eigenvalue weighted by atomic mass is 32.1. The summed E-state index contributed by atoms with van der Waals surface area (Å²) in [4.78, 5) is 16.4. The molecule has 2 heterocycles. The largest absolute Gasteiger partial charge is 0.486 e. The van der Waals surface area contributed by atoms with Crippen molar-refractivity contribution in [3.63, 3.8) is 0 Å². The minimum absolute atomic E-state index is 0.0903. The lowest BCUT2D eigenvalue weighted by atomic mass is 9.85. The van der Waals surface area contributed by atoms with E-state index in [0.717, 1.165) is 41.0 Å². The van der Waals surface area contributed by atoms with Gasteiger partial charge in [0, 0.05) is 18.1 Å². The molecule has 5 nitrogen and oxygen atoms in total. The molecule has 104 valence electrons. The first kappa shape index (κ1) is 12.0. The van der Waals surface area contributed by atoms with Crippen molar-refractivity contribution in [3.05, 3.63) is 12.1 Å². The van der Waals surface area contributed by atoms with Crippen molar-refractivity contribution in [1.82, 2.24) is 4.98 Å². The third-order valence-electron chi connectivity index (χ3n) is 3.76. The first-order chi connectivity index (χ1) is 9.79. The van der Waals surface area contributed by atoms with Gasteiger partial charge in [0.1, 0.15) is 13.2 Å². The van der Waals surface area contributed by atoms with Crippen LogP contribution in [0.25, 0.3) is 10.2 Å². The van der Waals surface area contributed by atoms with Crippen LogP contribution in [0, 0.1) is 5.92 Å². The number of amides is 1. The van der Waals surface area contributed by atoms with E-state index in [-0.39, 0.29) is 11.8 Å². The van der Waals surface area contributed by atoms with Crippen LogP contribution in [0.5, 0.6) is 11.5 Å². The smallest absolute Gasteiger partial charge is 0.229 e. The second kappa shape index (κ2) is 4.63. The number of thiazole rings is 1. The summed E-state index contributed by atoms with van der Waals surface area (Å²) in [6, 6.07) is 3.81. The number of rotatable bonds is 2. The average molecular weight is 290 g/mol. The molecular weight excluding hydrogens is 276 g/mol. The molecule has 1 aromatic heterocycles. The highest BCUT2D eigenvalue weighted by Gasteiger charge is 2.26. The highest BCUT2D eigenvalue weighted by molar-refractivity contribution is 7.22. The summed E-state index contributed by atoms with van der Waals surface area (Å²) in [6.07, 6.45) is 3.14. The second-order valence-corrected chi connectivity index (χ2v) is 6.13. The number of carbonyl (C=O) groups is 1. The topological polar surface area (TPSA) is 60.5 Å². The lowest BCUT2D eigenvalue weighted by Crippen LogP contribution is -2.27. The zero-order valence-electron chi connectivity index (χ0n) is 10.8. The molecule has 1 aliphatic carbocycles. The molecule has 1 aliphatic heterocycles. The van der Waals surface area contributed by atoms with Gasteiger partial charge in [0.15, 0.2) is 16.6 Å². The molecule has 1 N–H and O–H groups in total. The van der Waals surface area contributed by atoms with Crippen molar-refractivity contribution < 1.29 is 14.3 Å².